The van der Waals surface area contributed by atoms with Crippen LogP contribution < -0.4 is 0 Å². The molecule has 0 radical (unpaired) electrons. The van der Waals surface area contributed by atoms with Crippen molar-refractivity contribution in [3.05, 3.63) is 0 Å². The summed E-state index contributed by atoms with van der Waals surface area (Å²) >= 11 is 0. The smallest absolute Gasteiger partial charge is 0.133 e. The Morgan fingerprint density at radius 3 is 1.95 bits per heavy atom. The zero-order valence-electron chi connectivity index (χ0n) is 13.7. The highest BCUT2D eigenvalue weighted by Crippen LogP contribution is 2.38. The van der Waals surface area contributed by atoms with Crippen molar-refractivity contribution in [2.24, 2.45) is 11.8 Å². The van der Waals surface area contributed by atoms with E-state index < -0.39 is 0 Å². The molecule has 0 amide bonds. The average Bonchev–Trinajstić information content (AvgIpc) is 3.23. The molecule has 0 aromatic heterocycles. The molecule has 0 aromatic carbocycles. The van der Waals surface area contributed by atoms with Crippen LogP contribution in [-0.2, 0) is 14.3 Å². The SMILES string of the molecule is O=C1CCCCC(=O)CC(C2CCCC3OC3CCC2)CC1. The highest BCUT2D eigenvalue weighted by molar-refractivity contribution is 5.80. The Bertz CT molecular complexity index is 389. The molecule has 1 aliphatic heterocycles. The van der Waals surface area contributed by atoms with Gasteiger partial charge >= 0.3 is 0 Å². The lowest BCUT2D eigenvalue weighted by molar-refractivity contribution is -0.123. The second-order valence-electron chi connectivity index (χ2n) is 7.62. The molecule has 3 nitrogen and oxygen atoms in total. The maximum absolute atomic E-state index is 12.2. The third-order valence-electron chi connectivity index (χ3n) is 5.93. The van der Waals surface area contributed by atoms with Crippen molar-refractivity contribution >= 4 is 11.6 Å². The quantitative estimate of drug-likeness (QED) is 0.681. The highest BCUT2D eigenvalue weighted by atomic mass is 16.6. The summed E-state index contributed by atoms with van der Waals surface area (Å²) in [7, 11) is 0. The molecule has 3 fully saturated rings. The van der Waals surface area contributed by atoms with Crippen molar-refractivity contribution in [2.75, 3.05) is 0 Å². The Kier molecular flexibility index (Phi) is 5.67. The number of carbonyl (C=O) groups excluding carboxylic acids is 2. The third kappa shape index (κ3) is 4.65. The van der Waals surface area contributed by atoms with Gasteiger partial charge in [0, 0.05) is 25.7 Å². The Morgan fingerprint density at radius 1 is 0.636 bits per heavy atom. The summed E-state index contributed by atoms with van der Waals surface area (Å²) in [5, 5.41) is 0. The number of epoxide rings is 1. The molecule has 0 N–H and O–H groups in total. The fraction of sp³-hybridized carbons (Fsp3) is 0.895. The van der Waals surface area contributed by atoms with E-state index in [9.17, 15) is 9.59 Å². The van der Waals surface area contributed by atoms with Gasteiger partial charge in [0.15, 0.2) is 0 Å². The first-order valence-corrected chi connectivity index (χ1v) is 9.41. The van der Waals surface area contributed by atoms with Crippen LogP contribution >= 0.6 is 0 Å². The van der Waals surface area contributed by atoms with Gasteiger partial charge in [0.2, 0.25) is 0 Å². The molecule has 3 rings (SSSR count). The molecule has 3 heteroatoms. The molecule has 22 heavy (non-hydrogen) atoms. The van der Waals surface area contributed by atoms with Crippen LogP contribution in [0, 0.1) is 11.8 Å². The summed E-state index contributed by atoms with van der Waals surface area (Å²) in [6.45, 7) is 0. The van der Waals surface area contributed by atoms with Crippen LogP contribution in [0.4, 0.5) is 0 Å². The second kappa shape index (κ2) is 7.72. The van der Waals surface area contributed by atoms with Crippen molar-refractivity contribution in [1.82, 2.24) is 0 Å². The number of ketones is 2. The maximum atomic E-state index is 12.2. The van der Waals surface area contributed by atoms with Crippen molar-refractivity contribution in [1.29, 1.82) is 0 Å². The van der Waals surface area contributed by atoms with Crippen molar-refractivity contribution in [3.63, 3.8) is 0 Å². The van der Waals surface area contributed by atoms with Gasteiger partial charge in [-0.05, 0) is 43.9 Å². The first-order valence-electron chi connectivity index (χ1n) is 9.41. The van der Waals surface area contributed by atoms with Crippen LogP contribution in [0.1, 0.15) is 83.5 Å². The molecule has 3 atom stereocenters. The van der Waals surface area contributed by atoms with Gasteiger partial charge in [0.25, 0.3) is 0 Å². The molecule has 0 spiro atoms. The van der Waals surface area contributed by atoms with Crippen LogP contribution in [0.15, 0.2) is 0 Å². The number of ether oxygens (including phenoxy) is 1. The standard InChI is InChI=1S/C19H30O3/c20-16-7-1-2-8-17(21)13-15(11-12-16)14-5-3-9-18-19(22-18)10-4-6-14/h14-15,18-19H,1-13H2. The lowest BCUT2D eigenvalue weighted by Crippen LogP contribution is -2.21. The molecular weight excluding hydrogens is 276 g/mol. The molecule has 1 heterocycles. The van der Waals surface area contributed by atoms with Gasteiger partial charge < -0.3 is 4.74 Å². The van der Waals surface area contributed by atoms with E-state index in [1.807, 2.05) is 0 Å². The summed E-state index contributed by atoms with van der Waals surface area (Å²) in [6, 6.07) is 0. The summed E-state index contributed by atoms with van der Waals surface area (Å²) in [5.74, 6) is 1.95. The van der Waals surface area contributed by atoms with Gasteiger partial charge in [-0.1, -0.05) is 25.7 Å². The minimum absolute atomic E-state index is 0.414. The first kappa shape index (κ1) is 16.2. The van der Waals surface area contributed by atoms with Gasteiger partial charge in [-0.3, -0.25) is 9.59 Å². The molecular formula is C19H30O3. The predicted octanol–water partition coefficient (Wildman–Crippen LogP) is 4.22. The zero-order valence-corrected chi connectivity index (χ0v) is 13.7. The molecule has 2 saturated carbocycles. The predicted molar refractivity (Wildman–Crippen MR) is 85.7 cm³/mol. The third-order valence-corrected chi connectivity index (χ3v) is 5.93. The van der Waals surface area contributed by atoms with E-state index in [2.05, 4.69) is 0 Å². The van der Waals surface area contributed by atoms with E-state index >= 15 is 0 Å². The Balaban J connectivity index is 1.59. The lowest BCUT2D eigenvalue weighted by atomic mass is 9.77. The minimum Gasteiger partial charge on any atom is -0.370 e. The van der Waals surface area contributed by atoms with Crippen LogP contribution in [0.2, 0.25) is 0 Å². The van der Waals surface area contributed by atoms with Crippen LogP contribution in [-0.4, -0.2) is 23.8 Å². The van der Waals surface area contributed by atoms with E-state index in [-0.39, 0.29) is 0 Å². The van der Waals surface area contributed by atoms with Gasteiger partial charge in [-0.25, -0.2) is 0 Å². The monoisotopic (exact) mass is 306 g/mol. The Hall–Kier alpha value is -0.700. The lowest BCUT2D eigenvalue weighted by Gasteiger charge is -2.27. The van der Waals surface area contributed by atoms with Crippen molar-refractivity contribution in [3.8, 4) is 0 Å². The average molecular weight is 306 g/mol. The van der Waals surface area contributed by atoms with Crippen molar-refractivity contribution in [2.45, 2.75) is 95.7 Å². The fourth-order valence-corrected chi connectivity index (χ4v) is 4.48. The minimum atomic E-state index is 0.414. The second-order valence-corrected chi connectivity index (χ2v) is 7.62. The summed E-state index contributed by atoms with van der Waals surface area (Å²) in [5.41, 5.74) is 0. The number of Topliss-reactive ketones (excluding diaryl/α,β-unsaturated/α-hetero) is 2. The van der Waals surface area contributed by atoms with Crippen LogP contribution in [0.5, 0.6) is 0 Å². The molecule has 0 aromatic rings. The summed E-state index contributed by atoms with van der Waals surface area (Å²) < 4.78 is 5.67. The topological polar surface area (TPSA) is 46.7 Å². The van der Waals surface area contributed by atoms with E-state index in [1.54, 1.807) is 0 Å². The highest BCUT2D eigenvalue weighted by Gasteiger charge is 2.39. The molecule has 3 aliphatic rings. The number of carbonyl (C=O) groups is 2. The number of hydrogen-bond acceptors (Lipinski definition) is 3. The van der Waals surface area contributed by atoms with Gasteiger partial charge in [0.1, 0.15) is 11.6 Å². The van der Waals surface area contributed by atoms with Crippen LogP contribution in [0.25, 0.3) is 0 Å². The maximum Gasteiger partial charge on any atom is 0.133 e. The summed E-state index contributed by atoms with van der Waals surface area (Å²) in [6.07, 6.45) is 13.9. The molecule has 1 saturated heterocycles. The molecule has 0 bridgehead atoms. The largest absolute Gasteiger partial charge is 0.370 e. The number of hydrogen-bond donors (Lipinski definition) is 0. The van der Waals surface area contributed by atoms with Crippen molar-refractivity contribution < 1.29 is 14.3 Å². The van der Waals surface area contributed by atoms with Gasteiger partial charge in [0.05, 0.1) is 12.2 Å². The van der Waals surface area contributed by atoms with E-state index in [0.717, 1.165) is 25.7 Å². The normalized spacial score (nSPS) is 38.4. The van der Waals surface area contributed by atoms with Crippen LogP contribution in [0.3, 0.4) is 0 Å². The molecule has 2 aliphatic carbocycles. The molecule has 3 unspecified atom stereocenters. The molecule has 124 valence electrons. The van der Waals surface area contributed by atoms with E-state index in [0.29, 0.717) is 54.9 Å². The van der Waals surface area contributed by atoms with E-state index in [1.165, 1.54) is 38.5 Å². The number of rotatable bonds is 1. The zero-order chi connectivity index (χ0) is 15.4. The first-order chi connectivity index (χ1) is 10.7. The Labute approximate surface area is 134 Å². The summed E-state index contributed by atoms with van der Waals surface area (Å²) in [4.78, 5) is 24.1. The van der Waals surface area contributed by atoms with Gasteiger partial charge in [-0.15, -0.1) is 0 Å². The van der Waals surface area contributed by atoms with E-state index in [4.69, 9.17) is 4.74 Å². The fourth-order valence-electron chi connectivity index (χ4n) is 4.48. The van der Waals surface area contributed by atoms with Gasteiger partial charge in [-0.2, -0.15) is 0 Å². The Morgan fingerprint density at radius 2 is 1.27 bits per heavy atom. The number of fused-ring (bicyclic) bond motifs is 1.